The summed E-state index contributed by atoms with van der Waals surface area (Å²) in [6, 6.07) is 18.7. The van der Waals surface area contributed by atoms with Gasteiger partial charge in [-0.05, 0) is 67.1 Å². The first-order valence-corrected chi connectivity index (χ1v) is 11.0. The number of nitrogens with one attached hydrogen (secondary N) is 2. The molecule has 3 N–H and O–H groups in total. The Morgan fingerprint density at radius 1 is 1.19 bits per heavy atom. The van der Waals surface area contributed by atoms with Gasteiger partial charge in [-0.15, -0.1) is 0 Å². The van der Waals surface area contributed by atoms with E-state index in [2.05, 4.69) is 63.9 Å². The third-order valence-electron chi connectivity index (χ3n) is 6.30. The summed E-state index contributed by atoms with van der Waals surface area (Å²) in [6.45, 7) is 5.70. The van der Waals surface area contributed by atoms with Gasteiger partial charge in [-0.25, -0.2) is 0 Å². The van der Waals surface area contributed by atoms with Crippen LogP contribution in [0.4, 0.5) is 0 Å². The highest BCUT2D eigenvalue weighted by atomic mass is 16.3. The molecular weight excluding hydrogens is 386 g/mol. The van der Waals surface area contributed by atoms with Crippen molar-refractivity contribution in [2.75, 3.05) is 13.1 Å². The predicted octanol–water partition coefficient (Wildman–Crippen LogP) is 3.82. The van der Waals surface area contributed by atoms with E-state index in [1.807, 2.05) is 25.1 Å². The van der Waals surface area contributed by atoms with Gasteiger partial charge in [0.1, 0.15) is 0 Å². The molecule has 4 rings (SSSR count). The van der Waals surface area contributed by atoms with Gasteiger partial charge in [0.05, 0.1) is 11.6 Å². The lowest BCUT2D eigenvalue weighted by Crippen LogP contribution is -2.47. The molecule has 1 fully saturated rings. The van der Waals surface area contributed by atoms with Crippen LogP contribution in [0.3, 0.4) is 0 Å². The molecule has 5 nitrogen and oxygen atoms in total. The molecule has 2 heterocycles. The summed E-state index contributed by atoms with van der Waals surface area (Å²) in [5, 5.41) is 18.4. The van der Waals surface area contributed by atoms with E-state index in [1.54, 1.807) is 0 Å². The smallest absolute Gasteiger partial charge is 0.217 e. The fourth-order valence-corrected chi connectivity index (χ4v) is 4.77. The fraction of sp³-hybridized carbons (Fsp3) is 0.346. The number of nitrogens with zero attached hydrogens (tertiary/aromatic N) is 1. The minimum atomic E-state index is -0.571. The number of carbonyl (C=O) groups is 1. The first kappa shape index (κ1) is 21.3. The van der Waals surface area contributed by atoms with Crippen LogP contribution in [0.1, 0.15) is 37.8 Å². The summed E-state index contributed by atoms with van der Waals surface area (Å²) < 4.78 is 2.35. The van der Waals surface area contributed by atoms with E-state index in [-0.39, 0.29) is 11.4 Å². The van der Waals surface area contributed by atoms with Gasteiger partial charge in [0.2, 0.25) is 5.91 Å². The van der Waals surface area contributed by atoms with Crippen molar-refractivity contribution in [2.24, 2.45) is 0 Å². The Hall–Kier alpha value is -2.89. The van der Waals surface area contributed by atoms with Gasteiger partial charge in [0, 0.05) is 25.2 Å². The highest BCUT2D eigenvalue weighted by Gasteiger charge is 2.39. The van der Waals surface area contributed by atoms with Crippen molar-refractivity contribution >= 4 is 22.9 Å². The summed E-state index contributed by atoms with van der Waals surface area (Å²) in [4.78, 5) is 11.4. The molecule has 0 radical (unpaired) electrons. The Morgan fingerprint density at radius 3 is 2.61 bits per heavy atom. The third-order valence-corrected chi connectivity index (χ3v) is 6.30. The maximum atomic E-state index is 11.4. The molecule has 1 aliphatic rings. The van der Waals surface area contributed by atoms with Crippen LogP contribution >= 0.6 is 0 Å². The molecule has 1 aromatic heterocycles. The van der Waals surface area contributed by atoms with Crippen LogP contribution in [0.2, 0.25) is 0 Å². The van der Waals surface area contributed by atoms with Crippen molar-refractivity contribution in [2.45, 2.75) is 44.9 Å². The van der Waals surface area contributed by atoms with Gasteiger partial charge in [-0.1, -0.05) is 48.5 Å². The molecule has 1 aliphatic heterocycles. The van der Waals surface area contributed by atoms with E-state index in [4.69, 9.17) is 0 Å². The van der Waals surface area contributed by atoms with Gasteiger partial charge in [-0.3, -0.25) is 4.79 Å². The number of fused-ring (bicyclic) bond motifs is 1. The summed E-state index contributed by atoms with van der Waals surface area (Å²) in [6.07, 6.45) is 5.54. The molecule has 0 aliphatic carbocycles. The van der Waals surface area contributed by atoms with Gasteiger partial charge >= 0.3 is 0 Å². The van der Waals surface area contributed by atoms with Crippen molar-refractivity contribution in [3.63, 3.8) is 0 Å². The molecule has 2 aromatic carbocycles. The first-order chi connectivity index (χ1) is 15.0. The molecule has 0 spiro atoms. The summed E-state index contributed by atoms with van der Waals surface area (Å²) in [5.74, 6) is -0.0347. The Kier molecular flexibility index (Phi) is 6.25. The minimum Gasteiger partial charge on any atom is -0.389 e. The lowest BCUT2D eigenvalue weighted by atomic mass is 9.77. The van der Waals surface area contributed by atoms with E-state index >= 15 is 0 Å². The lowest BCUT2D eigenvalue weighted by Gasteiger charge is -2.43. The molecule has 162 valence electrons. The second kappa shape index (κ2) is 9.08. The number of benzene rings is 2. The number of piperidine rings is 1. The van der Waals surface area contributed by atoms with E-state index < -0.39 is 6.10 Å². The van der Waals surface area contributed by atoms with Crippen molar-refractivity contribution in [1.29, 1.82) is 0 Å². The SMILES string of the molecule is CC(=O)NCc1ccc2ccn(C3(C(=Cc4ccccc4)C(C)O)CCNCC3)c2c1. The monoisotopic (exact) mass is 417 g/mol. The minimum absolute atomic E-state index is 0.0347. The summed E-state index contributed by atoms with van der Waals surface area (Å²) >= 11 is 0. The second-order valence-electron chi connectivity index (χ2n) is 8.46. The van der Waals surface area contributed by atoms with Crippen molar-refractivity contribution < 1.29 is 9.90 Å². The molecule has 1 atom stereocenters. The topological polar surface area (TPSA) is 66.3 Å². The quantitative estimate of drug-likeness (QED) is 0.571. The van der Waals surface area contributed by atoms with Crippen molar-refractivity contribution in [3.8, 4) is 0 Å². The Labute approximate surface area is 183 Å². The number of aromatic nitrogens is 1. The Bertz CT molecular complexity index is 1080. The normalized spacial score (nSPS) is 17.5. The second-order valence-corrected chi connectivity index (χ2v) is 8.46. The molecule has 0 saturated carbocycles. The molecule has 1 amide bonds. The van der Waals surface area contributed by atoms with Gasteiger partial charge < -0.3 is 20.3 Å². The maximum absolute atomic E-state index is 11.4. The number of carbonyl (C=O) groups excluding carboxylic acids is 1. The zero-order chi connectivity index (χ0) is 21.8. The number of hydrogen-bond acceptors (Lipinski definition) is 3. The van der Waals surface area contributed by atoms with Crippen LogP contribution in [-0.4, -0.2) is 34.8 Å². The number of aliphatic hydroxyl groups is 1. The molecular formula is C26H31N3O2. The summed E-state index contributed by atoms with van der Waals surface area (Å²) in [5.41, 5.74) is 4.01. The lowest BCUT2D eigenvalue weighted by molar-refractivity contribution is -0.119. The highest BCUT2D eigenvalue weighted by Crippen LogP contribution is 2.41. The van der Waals surface area contributed by atoms with E-state index in [9.17, 15) is 9.90 Å². The van der Waals surface area contributed by atoms with Gasteiger partial charge in [0.15, 0.2) is 0 Å². The first-order valence-electron chi connectivity index (χ1n) is 11.0. The van der Waals surface area contributed by atoms with Crippen molar-refractivity contribution in [1.82, 2.24) is 15.2 Å². The van der Waals surface area contributed by atoms with Crippen LogP contribution in [0, 0.1) is 0 Å². The average Bonchev–Trinajstić information content (AvgIpc) is 3.21. The van der Waals surface area contributed by atoms with Crippen LogP contribution in [0.25, 0.3) is 17.0 Å². The van der Waals surface area contributed by atoms with E-state index in [1.165, 1.54) is 6.92 Å². The van der Waals surface area contributed by atoms with Crippen LogP contribution in [-0.2, 0) is 16.9 Å². The summed E-state index contributed by atoms with van der Waals surface area (Å²) in [7, 11) is 0. The predicted molar refractivity (Wildman–Crippen MR) is 126 cm³/mol. The largest absolute Gasteiger partial charge is 0.389 e. The number of amides is 1. The standard InChI is InChI=1S/C26H31N3O2/c1-19(30)24(16-21-6-4-3-5-7-21)26(11-13-27-14-12-26)29-15-10-23-9-8-22(17-25(23)29)18-28-20(2)31/h3-10,15-17,19,27,30H,11-14,18H2,1-2H3,(H,28,31). The molecule has 31 heavy (non-hydrogen) atoms. The fourth-order valence-electron chi connectivity index (χ4n) is 4.77. The maximum Gasteiger partial charge on any atom is 0.217 e. The molecule has 0 bridgehead atoms. The number of rotatable bonds is 6. The molecule has 1 saturated heterocycles. The van der Waals surface area contributed by atoms with Crippen LogP contribution in [0.5, 0.6) is 0 Å². The van der Waals surface area contributed by atoms with Crippen molar-refractivity contribution in [3.05, 3.63) is 77.5 Å². The third kappa shape index (κ3) is 4.43. The van der Waals surface area contributed by atoms with Crippen LogP contribution < -0.4 is 10.6 Å². The van der Waals surface area contributed by atoms with E-state index in [0.717, 1.165) is 53.5 Å². The highest BCUT2D eigenvalue weighted by molar-refractivity contribution is 5.82. The number of hydrogen-bond donors (Lipinski definition) is 3. The Balaban J connectivity index is 1.85. The van der Waals surface area contributed by atoms with Crippen LogP contribution in [0.15, 0.2) is 66.4 Å². The van der Waals surface area contributed by atoms with E-state index in [0.29, 0.717) is 6.54 Å². The Morgan fingerprint density at radius 2 is 1.94 bits per heavy atom. The molecule has 5 heteroatoms. The van der Waals surface area contributed by atoms with Gasteiger partial charge in [-0.2, -0.15) is 0 Å². The number of aliphatic hydroxyl groups excluding tert-OH is 1. The average molecular weight is 418 g/mol. The van der Waals surface area contributed by atoms with Gasteiger partial charge in [0.25, 0.3) is 0 Å². The zero-order valence-corrected chi connectivity index (χ0v) is 18.3. The zero-order valence-electron chi connectivity index (χ0n) is 18.3. The molecule has 3 aromatic rings. The molecule has 1 unspecified atom stereocenters.